The van der Waals surface area contributed by atoms with E-state index in [4.69, 9.17) is 0 Å². The molecule has 1 heterocycles. The summed E-state index contributed by atoms with van der Waals surface area (Å²) in [6.45, 7) is 20.0. The average Bonchev–Trinajstić information content (AvgIpc) is 3.37. The third-order valence-electron chi connectivity index (χ3n) is 14.6. The number of aliphatic hydroxyl groups excluding tert-OH is 2. The number of hydrogen-bond acceptors (Lipinski definition) is 5. The van der Waals surface area contributed by atoms with E-state index in [9.17, 15) is 15.0 Å². The highest BCUT2D eigenvalue weighted by molar-refractivity contribution is 5.85. The van der Waals surface area contributed by atoms with Crippen LogP contribution in [0.15, 0.2) is 17.8 Å². The third kappa shape index (κ3) is 4.36. The lowest BCUT2D eigenvalue weighted by molar-refractivity contribution is -0.215. The highest BCUT2D eigenvalue weighted by atomic mass is 16.3. The Labute approximate surface area is 259 Å². The minimum Gasteiger partial charge on any atom is -0.393 e. The fraction of sp³-hybridized carbons (Fsp3) is 0.861. The molecule has 1 aromatic rings. The summed E-state index contributed by atoms with van der Waals surface area (Å²) in [7, 11) is 0. The van der Waals surface area contributed by atoms with Crippen LogP contribution in [0.2, 0.25) is 0 Å². The molecule has 3 unspecified atom stereocenters. The SMILES string of the molecule is CCCn1cc(CNC(=O)[C@]23CCC(C)(C)CC2C2=CCC4[C@@]5(C)CC[C@H](O)C(C)(C)C5CC[C@@]4(C)[C@]2(C)C[C@H]3O)nn1. The van der Waals surface area contributed by atoms with Gasteiger partial charge in [0.2, 0.25) is 5.91 Å². The normalized spacial score (nSPS) is 44.7. The molecule has 0 bridgehead atoms. The Hall–Kier alpha value is -1.73. The van der Waals surface area contributed by atoms with Crippen molar-refractivity contribution >= 4 is 5.91 Å². The number of allylic oxidation sites excluding steroid dienone is 2. The number of carbonyl (C=O) groups is 1. The van der Waals surface area contributed by atoms with Crippen LogP contribution in [0.3, 0.4) is 0 Å². The van der Waals surface area contributed by atoms with Crippen LogP contribution in [0.4, 0.5) is 0 Å². The fourth-order valence-corrected chi connectivity index (χ4v) is 11.8. The highest BCUT2D eigenvalue weighted by Crippen LogP contribution is 2.75. The van der Waals surface area contributed by atoms with E-state index in [1.54, 1.807) is 0 Å². The standard InChI is InChI=1S/C36H58N4O3/c1-9-18-40-22-23(38-39-40)21-37-30(43)36-17-16-31(2,3)19-25(36)24-10-11-27-33(6)14-13-28(41)32(4,5)26(33)12-15-34(27,7)35(24,8)20-29(36)42/h10,22,25-29,41-42H,9,11-21H2,1-8H3,(H,37,43)/t25?,26?,27?,28-,29+,33-,34+,35+,36+/m0/s1. The van der Waals surface area contributed by atoms with Gasteiger partial charge in [0.1, 0.15) is 5.69 Å². The van der Waals surface area contributed by atoms with E-state index < -0.39 is 11.5 Å². The van der Waals surface area contributed by atoms with Crippen LogP contribution in [0.25, 0.3) is 0 Å². The molecular weight excluding hydrogens is 536 g/mol. The molecule has 0 aromatic carbocycles. The summed E-state index contributed by atoms with van der Waals surface area (Å²) < 4.78 is 1.83. The third-order valence-corrected chi connectivity index (χ3v) is 14.6. The van der Waals surface area contributed by atoms with Gasteiger partial charge in [-0.15, -0.1) is 5.10 Å². The summed E-state index contributed by atoms with van der Waals surface area (Å²) in [6.07, 6.45) is 12.9. The zero-order valence-corrected chi connectivity index (χ0v) is 28.2. The van der Waals surface area contributed by atoms with Crippen LogP contribution >= 0.6 is 0 Å². The number of rotatable bonds is 5. The van der Waals surface area contributed by atoms with Gasteiger partial charge in [0.25, 0.3) is 0 Å². The predicted molar refractivity (Wildman–Crippen MR) is 169 cm³/mol. The first-order valence-corrected chi connectivity index (χ1v) is 17.3. The van der Waals surface area contributed by atoms with E-state index in [2.05, 4.69) is 77.1 Å². The molecule has 9 atom stereocenters. The molecule has 5 aliphatic carbocycles. The zero-order chi connectivity index (χ0) is 31.2. The first-order valence-electron chi connectivity index (χ1n) is 17.3. The molecule has 5 aliphatic rings. The number of amides is 1. The van der Waals surface area contributed by atoms with Gasteiger partial charge in [-0.25, -0.2) is 0 Å². The summed E-state index contributed by atoms with van der Waals surface area (Å²) in [6, 6.07) is 0. The Balaban J connectivity index is 1.36. The predicted octanol–water partition coefficient (Wildman–Crippen LogP) is 6.44. The number of fused-ring (bicyclic) bond motifs is 7. The lowest BCUT2D eigenvalue weighted by Gasteiger charge is -2.71. The second-order valence-electron chi connectivity index (χ2n) is 17.5. The van der Waals surface area contributed by atoms with Crippen LogP contribution in [0.5, 0.6) is 0 Å². The molecule has 3 N–H and O–H groups in total. The molecule has 43 heavy (non-hydrogen) atoms. The second-order valence-corrected chi connectivity index (χ2v) is 17.5. The molecule has 240 valence electrons. The quantitative estimate of drug-likeness (QED) is 0.341. The molecular formula is C36H58N4O3. The lowest BCUT2D eigenvalue weighted by atomic mass is 9.33. The Morgan fingerprint density at radius 1 is 0.977 bits per heavy atom. The first kappa shape index (κ1) is 31.3. The van der Waals surface area contributed by atoms with Crippen molar-refractivity contribution in [2.75, 3.05) is 0 Å². The van der Waals surface area contributed by atoms with Crippen LogP contribution < -0.4 is 5.32 Å². The summed E-state index contributed by atoms with van der Waals surface area (Å²) in [5.41, 5.74) is 1.43. The van der Waals surface area contributed by atoms with E-state index in [-0.39, 0.29) is 45.0 Å². The van der Waals surface area contributed by atoms with Crippen LogP contribution in [0.1, 0.15) is 125 Å². The molecule has 4 saturated carbocycles. The van der Waals surface area contributed by atoms with Crippen LogP contribution in [-0.4, -0.2) is 43.3 Å². The first-order chi connectivity index (χ1) is 20.0. The molecule has 0 spiro atoms. The molecule has 0 saturated heterocycles. The Bertz CT molecular complexity index is 1280. The number of aromatic nitrogens is 3. The van der Waals surface area contributed by atoms with Crippen molar-refractivity contribution in [3.8, 4) is 0 Å². The molecule has 0 aliphatic heterocycles. The molecule has 7 nitrogen and oxygen atoms in total. The van der Waals surface area contributed by atoms with Gasteiger partial charge >= 0.3 is 0 Å². The van der Waals surface area contributed by atoms with E-state index in [1.807, 2.05) is 10.9 Å². The van der Waals surface area contributed by atoms with Crippen molar-refractivity contribution in [1.82, 2.24) is 20.3 Å². The van der Waals surface area contributed by atoms with Crippen LogP contribution in [-0.2, 0) is 17.9 Å². The minimum absolute atomic E-state index is 0.0144. The average molecular weight is 595 g/mol. The maximum absolute atomic E-state index is 14.4. The topological polar surface area (TPSA) is 100 Å². The number of nitrogens with one attached hydrogen (secondary N) is 1. The van der Waals surface area contributed by atoms with Gasteiger partial charge in [-0.05, 0) is 109 Å². The molecule has 0 radical (unpaired) electrons. The molecule has 1 amide bonds. The van der Waals surface area contributed by atoms with Gasteiger partial charge in [-0.2, -0.15) is 0 Å². The van der Waals surface area contributed by atoms with Crippen molar-refractivity contribution in [3.05, 3.63) is 23.5 Å². The maximum Gasteiger partial charge on any atom is 0.229 e. The van der Waals surface area contributed by atoms with Crippen LogP contribution in [0, 0.1) is 50.2 Å². The molecule has 4 fully saturated rings. The second kappa shape index (κ2) is 10.1. The monoisotopic (exact) mass is 594 g/mol. The van der Waals surface area contributed by atoms with E-state index in [0.717, 1.165) is 63.6 Å². The highest BCUT2D eigenvalue weighted by Gasteiger charge is 2.71. The Kier molecular flexibility index (Phi) is 7.37. The van der Waals surface area contributed by atoms with Gasteiger partial charge in [0.05, 0.1) is 30.4 Å². The van der Waals surface area contributed by atoms with Gasteiger partial charge in [0, 0.05) is 6.54 Å². The number of nitrogens with zero attached hydrogens (tertiary/aromatic N) is 3. The Morgan fingerprint density at radius 2 is 1.72 bits per heavy atom. The maximum atomic E-state index is 14.4. The molecule has 7 heteroatoms. The van der Waals surface area contributed by atoms with Crippen molar-refractivity contribution in [2.24, 2.45) is 50.2 Å². The number of aliphatic hydroxyl groups is 2. The summed E-state index contributed by atoms with van der Waals surface area (Å²) in [4.78, 5) is 14.4. The van der Waals surface area contributed by atoms with E-state index >= 15 is 0 Å². The summed E-state index contributed by atoms with van der Waals surface area (Å²) in [5, 5.41) is 35.1. The van der Waals surface area contributed by atoms with Crippen molar-refractivity contribution < 1.29 is 15.0 Å². The zero-order valence-electron chi connectivity index (χ0n) is 28.2. The van der Waals surface area contributed by atoms with E-state index in [0.29, 0.717) is 31.2 Å². The smallest absolute Gasteiger partial charge is 0.229 e. The van der Waals surface area contributed by atoms with Crippen molar-refractivity contribution in [2.45, 2.75) is 145 Å². The summed E-state index contributed by atoms with van der Waals surface area (Å²) >= 11 is 0. The van der Waals surface area contributed by atoms with E-state index in [1.165, 1.54) is 5.57 Å². The summed E-state index contributed by atoms with van der Waals surface area (Å²) in [5.74, 6) is 0.992. The molecule has 6 rings (SSSR count). The molecule has 1 aromatic heterocycles. The van der Waals surface area contributed by atoms with Gasteiger partial charge < -0.3 is 15.5 Å². The van der Waals surface area contributed by atoms with Crippen molar-refractivity contribution in [3.63, 3.8) is 0 Å². The van der Waals surface area contributed by atoms with Gasteiger partial charge in [0.15, 0.2) is 0 Å². The van der Waals surface area contributed by atoms with Crippen molar-refractivity contribution in [1.29, 1.82) is 0 Å². The largest absolute Gasteiger partial charge is 0.393 e. The lowest BCUT2D eigenvalue weighted by Crippen LogP contribution is -2.68. The van der Waals surface area contributed by atoms with Gasteiger partial charge in [-0.3, -0.25) is 9.48 Å². The minimum atomic E-state index is -0.818. The number of aryl methyl sites for hydroxylation is 1. The number of hydrogen-bond donors (Lipinski definition) is 3. The fourth-order valence-electron chi connectivity index (χ4n) is 11.8. The van der Waals surface area contributed by atoms with Gasteiger partial charge in [-0.1, -0.05) is 72.3 Å². The Morgan fingerprint density at radius 3 is 2.44 bits per heavy atom. The number of carbonyl (C=O) groups excluding carboxylic acids is 1.